The SMILES string of the molecule is CC(Oc1ccc(C(C)(C)C)cc1)OC1CCC(C2CCC(OC(C)Oc3ccc(C(C)(C)C)cc3)CC2)CC1. The van der Waals surface area contributed by atoms with Crippen molar-refractivity contribution in [1.82, 2.24) is 0 Å². The van der Waals surface area contributed by atoms with Gasteiger partial charge in [-0.15, -0.1) is 0 Å². The number of ether oxygens (including phenoxy) is 4. The zero-order valence-corrected chi connectivity index (χ0v) is 26.4. The molecule has 2 saturated carbocycles. The number of benzene rings is 2. The molecule has 0 aromatic heterocycles. The Morgan fingerprint density at radius 2 is 0.800 bits per heavy atom. The minimum atomic E-state index is -0.227. The van der Waals surface area contributed by atoms with E-state index in [0.717, 1.165) is 49.0 Å². The maximum atomic E-state index is 6.30. The smallest absolute Gasteiger partial charge is 0.197 e. The maximum Gasteiger partial charge on any atom is 0.197 e. The van der Waals surface area contributed by atoms with E-state index in [1.165, 1.54) is 36.8 Å². The van der Waals surface area contributed by atoms with Crippen LogP contribution in [0.1, 0.15) is 118 Å². The minimum Gasteiger partial charge on any atom is -0.465 e. The van der Waals surface area contributed by atoms with Gasteiger partial charge >= 0.3 is 0 Å². The van der Waals surface area contributed by atoms with Crippen molar-refractivity contribution >= 4 is 0 Å². The van der Waals surface area contributed by atoms with Gasteiger partial charge in [-0.25, -0.2) is 0 Å². The molecule has 0 aliphatic heterocycles. The molecule has 222 valence electrons. The second-order valence-corrected chi connectivity index (χ2v) is 14.3. The van der Waals surface area contributed by atoms with Crippen LogP contribution in [-0.4, -0.2) is 24.8 Å². The summed E-state index contributed by atoms with van der Waals surface area (Å²) in [4.78, 5) is 0. The van der Waals surface area contributed by atoms with E-state index in [1.807, 2.05) is 13.8 Å². The second kappa shape index (κ2) is 13.3. The summed E-state index contributed by atoms with van der Waals surface area (Å²) < 4.78 is 24.8. The molecule has 0 radical (unpaired) electrons. The molecule has 0 N–H and O–H groups in total. The van der Waals surface area contributed by atoms with Gasteiger partial charge in [0.15, 0.2) is 12.6 Å². The van der Waals surface area contributed by atoms with Gasteiger partial charge in [-0.3, -0.25) is 0 Å². The fraction of sp³-hybridized carbons (Fsp3) is 0.667. The summed E-state index contributed by atoms with van der Waals surface area (Å²) in [5.74, 6) is 3.39. The third-order valence-electron chi connectivity index (χ3n) is 8.92. The fourth-order valence-corrected chi connectivity index (χ4v) is 6.44. The lowest BCUT2D eigenvalue weighted by Crippen LogP contribution is -2.33. The standard InChI is InChI=1S/C36H54O4/c1-25(39-33-21-13-29(14-22-33)35(3,4)5)37-31-17-9-27(10-18-31)28-11-19-32(20-12-28)38-26(2)40-34-23-15-30(16-24-34)36(6,7)8/h13-16,21-28,31-32H,9-12,17-20H2,1-8H3. The molecule has 2 fully saturated rings. The highest BCUT2D eigenvalue weighted by Crippen LogP contribution is 2.40. The molecule has 4 nitrogen and oxygen atoms in total. The quantitative estimate of drug-likeness (QED) is 0.291. The average molecular weight is 551 g/mol. The van der Waals surface area contributed by atoms with Gasteiger partial charge < -0.3 is 18.9 Å². The van der Waals surface area contributed by atoms with Crippen LogP contribution in [-0.2, 0) is 20.3 Å². The Balaban J connectivity index is 1.13. The Labute approximate surface area is 244 Å². The van der Waals surface area contributed by atoms with Crippen molar-refractivity contribution in [3.63, 3.8) is 0 Å². The summed E-state index contributed by atoms with van der Waals surface area (Å²) in [7, 11) is 0. The highest BCUT2D eigenvalue weighted by molar-refractivity contribution is 5.32. The van der Waals surface area contributed by atoms with Crippen LogP contribution in [0.25, 0.3) is 0 Å². The Morgan fingerprint density at radius 1 is 0.500 bits per heavy atom. The van der Waals surface area contributed by atoms with Crippen molar-refractivity contribution < 1.29 is 18.9 Å². The van der Waals surface area contributed by atoms with E-state index < -0.39 is 0 Å². The first kappa shape index (κ1) is 30.9. The average Bonchev–Trinajstić information content (AvgIpc) is 2.89. The van der Waals surface area contributed by atoms with Gasteiger partial charge in [-0.1, -0.05) is 65.8 Å². The third kappa shape index (κ3) is 8.98. The molecule has 0 saturated heterocycles. The molecule has 4 heteroatoms. The van der Waals surface area contributed by atoms with Crippen LogP contribution < -0.4 is 9.47 Å². The summed E-state index contributed by atoms with van der Waals surface area (Å²) >= 11 is 0. The Kier molecular flexibility index (Phi) is 10.3. The van der Waals surface area contributed by atoms with Crippen molar-refractivity contribution in [2.24, 2.45) is 11.8 Å². The first-order chi connectivity index (χ1) is 18.9. The second-order valence-electron chi connectivity index (χ2n) is 14.3. The maximum absolute atomic E-state index is 6.30. The predicted octanol–water partition coefficient (Wildman–Crippen LogP) is 9.58. The summed E-state index contributed by atoms with van der Waals surface area (Å²) in [6.45, 7) is 17.4. The van der Waals surface area contributed by atoms with Crippen LogP contribution >= 0.6 is 0 Å². The lowest BCUT2D eigenvalue weighted by Gasteiger charge is -2.38. The van der Waals surface area contributed by atoms with Crippen LogP contribution in [0.5, 0.6) is 11.5 Å². The molecule has 0 heterocycles. The highest BCUT2D eigenvalue weighted by Gasteiger charge is 2.32. The van der Waals surface area contributed by atoms with Crippen molar-refractivity contribution in [3.05, 3.63) is 59.7 Å². The van der Waals surface area contributed by atoms with Crippen molar-refractivity contribution in [2.75, 3.05) is 0 Å². The predicted molar refractivity (Wildman–Crippen MR) is 164 cm³/mol. The largest absolute Gasteiger partial charge is 0.465 e. The number of rotatable bonds is 9. The third-order valence-corrected chi connectivity index (χ3v) is 8.92. The summed E-state index contributed by atoms with van der Waals surface area (Å²) in [6, 6.07) is 16.9. The zero-order chi connectivity index (χ0) is 28.9. The van der Waals surface area contributed by atoms with Gasteiger partial charge in [-0.2, -0.15) is 0 Å². The molecule has 2 unspecified atom stereocenters. The number of hydrogen-bond donors (Lipinski definition) is 0. The van der Waals surface area contributed by atoms with E-state index in [2.05, 4.69) is 90.1 Å². The van der Waals surface area contributed by atoms with Crippen LogP contribution in [0.2, 0.25) is 0 Å². The summed E-state index contributed by atoms with van der Waals surface area (Å²) in [6.07, 6.45) is 9.74. The molecular weight excluding hydrogens is 496 g/mol. The molecule has 0 amide bonds. The van der Waals surface area contributed by atoms with E-state index in [1.54, 1.807) is 0 Å². The van der Waals surface area contributed by atoms with Gasteiger partial charge in [0.05, 0.1) is 12.2 Å². The molecule has 2 aliphatic rings. The van der Waals surface area contributed by atoms with E-state index in [-0.39, 0.29) is 23.4 Å². The van der Waals surface area contributed by atoms with E-state index >= 15 is 0 Å². The van der Waals surface area contributed by atoms with Gasteiger partial charge in [-0.05, 0) is 123 Å². The highest BCUT2D eigenvalue weighted by atomic mass is 16.7. The van der Waals surface area contributed by atoms with Gasteiger partial charge in [0.25, 0.3) is 0 Å². The van der Waals surface area contributed by atoms with Crippen molar-refractivity contribution in [1.29, 1.82) is 0 Å². The van der Waals surface area contributed by atoms with Crippen LogP contribution in [0.4, 0.5) is 0 Å². The van der Waals surface area contributed by atoms with E-state index in [9.17, 15) is 0 Å². The molecule has 2 aromatic carbocycles. The van der Waals surface area contributed by atoms with Gasteiger partial charge in [0.1, 0.15) is 11.5 Å². The van der Waals surface area contributed by atoms with Crippen molar-refractivity contribution in [2.45, 2.75) is 142 Å². The molecular formula is C36H54O4. The Bertz CT molecular complexity index is 929. The monoisotopic (exact) mass is 550 g/mol. The first-order valence-electron chi connectivity index (χ1n) is 15.7. The number of hydrogen-bond acceptors (Lipinski definition) is 4. The fourth-order valence-electron chi connectivity index (χ4n) is 6.44. The molecule has 2 aliphatic carbocycles. The normalized spacial score (nSPS) is 25.7. The molecule has 0 spiro atoms. The van der Waals surface area contributed by atoms with Crippen LogP contribution in [0.15, 0.2) is 48.5 Å². The van der Waals surface area contributed by atoms with Crippen LogP contribution in [0.3, 0.4) is 0 Å². The molecule has 4 rings (SSSR count). The first-order valence-corrected chi connectivity index (χ1v) is 15.7. The molecule has 40 heavy (non-hydrogen) atoms. The minimum absolute atomic E-state index is 0.151. The van der Waals surface area contributed by atoms with E-state index in [4.69, 9.17) is 18.9 Å². The lowest BCUT2D eigenvalue weighted by molar-refractivity contribution is -0.129. The van der Waals surface area contributed by atoms with Crippen LogP contribution in [0, 0.1) is 11.8 Å². The van der Waals surface area contributed by atoms with Gasteiger partial charge in [0.2, 0.25) is 0 Å². The Hall–Kier alpha value is -2.04. The molecule has 0 bridgehead atoms. The molecule has 2 aromatic rings. The summed E-state index contributed by atoms with van der Waals surface area (Å²) in [5.41, 5.74) is 2.93. The van der Waals surface area contributed by atoms with Crippen molar-refractivity contribution in [3.8, 4) is 11.5 Å². The van der Waals surface area contributed by atoms with Gasteiger partial charge in [0, 0.05) is 0 Å². The topological polar surface area (TPSA) is 36.9 Å². The van der Waals surface area contributed by atoms with E-state index in [0.29, 0.717) is 12.2 Å². The lowest BCUT2D eigenvalue weighted by atomic mass is 9.72. The summed E-state index contributed by atoms with van der Waals surface area (Å²) in [5, 5.41) is 0. The molecule has 2 atom stereocenters. The zero-order valence-electron chi connectivity index (χ0n) is 26.4. The Morgan fingerprint density at radius 3 is 1.07 bits per heavy atom.